The fourth-order valence-corrected chi connectivity index (χ4v) is 3.48. The van der Waals surface area contributed by atoms with Gasteiger partial charge < -0.3 is 20.6 Å². The number of carbonyl (C=O) groups excluding carboxylic acids is 1. The quantitative estimate of drug-likeness (QED) is 0.457. The molecule has 3 aromatic rings. The molecule has 1 fully saturated rings. The molecule has 1 heterocycles. The highest BCUT2D eigenvalue weighted by atomic mass is 16.3. The van der Waals surface area contributed by atoms with E-state index in [2.05, 4.69) is 10.6 Å². The van der Waals surface area contributed by atoms with Crippen molar-refractivity contribution < 1.29 is 9.90 Å². The highest BCUT2D eigenvalue weighted by molar-refractivity contribution is 5.95. The van der Waals surface area contributed by atoms with Gasteiger partial charge in [-0.2, -0.15) is 0 Å². The van der Waals surface area contributed by atoms with Gasteiger partial charge in [-0.25, -0.2) is 0 Å². The summed E-state index contributed by atoms with van der Waals surface area (Å²) in [6.45, 7) is 1.44. The summed E-state index contributed by atoms with van der Waals surface area (Å²) < 4.78 is 0. The number of para-hydroxylation sites is 1. The number of anilines is 4. The van der Waals surface area contributed by atoms with Gasteiger partial charge in [-0.15, -0.1) is 0 Å². The maximum absolute atomic E-state index is 12.6. The van der Waals surface area contributed by atoms with Crippen LogP contribution in [0.4, 0.5) is 22.7 Å². The molecule has 7 nitrogen and oxygen atoms in total. The molecule has 4 rings (SSSR count). The third kappa shape index (κ3) is 3.71. The van der Waals surface area contributed by atoms with E-state index in [0.29, 0.717) is 11.3 Å². The first kappa shape index (κ1) is 18.7. The summed E-state index contributed by atoms with van der Waals surface area (Å²) in [5.74, 6) is -0.279. The first-order chi connectivity index (χ1) is 14.0. The highest BCUT2D eigenvalue weighted by Crippen LogP contribution is 2.31. The zero-order valence-corrected chi connectivity index (χ0v) is 15.8. The largest absolute Gasteiger partial charge is 0.506 e. The van der Waals surface area contributed by atoms with Gasteiger partial charge in [0.05, 0.1) is 5.69 Å². The number of hydrogen-bond acceptors (Lipinski definition) is 6. The Kier molecular flexibility index (Phi) is 5.03. The highest BCUT2D eigenvalue weighted by Gasteiger charge is 2.23. The van der Waals surface area contributed by atoms with Crippen LogP contribution in [-0.4, -0.2) is 29.0 Å². The predicted octanol–water partition coefficient (Wildman–Crippen LogP) is 3.10. The Morgan fingerprint density at radius 2 is 1.52 bits per heavy atom. The SMILES string of the molecule is O=C(c1ccc(Nc2c(Nc3ccccc3)c(=O)c2=O)c(O)c1)N1CCCCC1. The standard InChI is InChI=1S/C22H21N3O4/c26-17-13-14(22(29)25-11-5-2-6-12-25)9-10-16(17)24-19-18(20(27)21(19)28)23-15-7-3-1-4-8-15/h1,3-4,7-10,13,23-24,26H,2,5-6,11-12H2. The van der Waals surface area contributed by atoms with Gasteiger partial charge in [0.1, 0.15) is 17.1 Å². The third-order valence-electron chi connectivity index (χ3n) is 5.10. The minimum atomic E-state index is -0.656. The zero-order valence-electron chi connectivity index (χ0n) is 15.8. The lowest BCUT2D eigenvalue weighted by molar-refractivity contribution is 0.0724. The molecule has 0 bridgehead atoms. The number of phenols is 1. The van der Waals surface area contributed by atoms with Gasteiger partial charge in [-0.05, 0) is 49.6 Å². The Morgan fingerprint density at radius 1 is 0.862 bits per heavy atom. The molecule has 0 aliphatic carbocycles. The van der Waals surface area contributed by atoms with E-state index in [1.165, 1.54) is 12.1 Å². The minimum Gasteiger partial charge on any atom is -0.506 e. The molecule has 3 aromatic carbocycles. The number of benzene rings is 2. The third-order valence-corrected chi connectivity index (χ3v) is 5.10. The van der Waals surface area contributed by atoms with Crippen molar-refractivity contribution in [2.75, 3.05) is 23.7 Å². The topological polar surface area (TPSA) is 98.7 Å². The molecule has 0 saturated carbocycles. The van der Waals surface area contributed by atoms with E-state index in [0.717, 1.165) is 32.4 Å². The number of rotatable bonds is 5. The Bertz CT molecular complexity index is 1110. The molecular formula is C22H21N3O4. The van der Waals surface area contributed by atoms with Crippen molar-refractivity contribution in [1.29, 1.82) is 0 Å². The monoisotopic (exact) mass is 391 g/mol. The van der Waals surface area contributed by atoms with Crippen LogP contribution >= 0.6 is 0 Å². The van der Waals surface area contributed by atoms with E-state index in [-0.39, 0.29) is 28.7 Å². The molecule has 29 heavy (non-hydrogen) atoms. The first-order valence-corrected chi connectivity index (χ1v) is 9.59. The number of amides is 1. The summed E-state index contributed by atoms with van der Waals surface area (Å²) in [5.41, 5.74) is 0.280. The van der Waals surface area contributed by atoms with Crippen LogP contribution in [-0.2, 0) is 0 Å². The summed E-state index contributed by atoms with van der Waals surface area (Å²) in [6.07, 6.45) is 3.09. The lowest BCUT2D eigenvalue weighted by atomic mass is 10.1. The zero-order chi connectivity index (χ0) is 20.4. The van der Waals surface area contributed by atoms with Crippen LogP contribution in [0.5, 0.6) is 5.75 Å². The van der Waals surface area contributed by atoms with E-state index in [9.17, 15) is 19.5 Å². The van der Waals surface area contributed by atoms with Crippen LogP contribution in [0.3, 0.4) is 0 Å². The summed E-state index contributed by atoms with van der Waals surface area (Å²) in [7, 11) is 0. The van der Waals surface area contributed by atoms with Crippen molar-refractivity contribution in [2.45, 2.75) is 19.3 Å². The van der Waals surface area contributed by atoms with Crippen molar-refractivity contribution in [1.82, 2.24) is 4.90 Å². The molecule has 0 atom stereocenters. The van der Waals surface area contributed by atoms with Crippen LogP contribution < -0.4 is 21.5 Å². The molecule has 0 radical (unpaired) electrons. The molecule has 0 unspecified atom stereocenters. The molecule has 1 amide bonds. The van der Waals surface area contributed by atoms with Crippen LogP contribution in [0.25, 0.3) is 0 Å². The van der Waals surface area contributed by atoms with Crippen molar-refractivity contribution in [2.24, 2.45) is 0 Å². The second kappa shape index (κ2) is 7.79. The Balaban J connectivity index is 1.53. The first-order valence-electron chi connectivity index (χ1n) is 9.59. The second-order valence-corrected chi connectivity index (χ2v) is 7.11. The van der Waals surface area contributed by atoms with Crippen molar-refractivity contribution in [3.63, 3.8) is 0 Å². The molecule has 1 saturated heterocycles. The lowest BCUT2D eigenvalue weighted by Gasteiger charge is -2.26. The number of aromatic hydroxyl groups is 1. The van der Waals surface area contributed by atoms with Crippen LogP contribution in [0.2, 0.25) is 0 Å². The van der Waals surface area contributed by atoms with Gasteiger partial charge in [-0.3, -0.25) is 14.4 Å². The molecule has 0 aromatic heterocycles. The van der Waals surface area contributed by atoms with Gasteiger partial charge in [0.15, 0.2) is 0 Å². The Hall–Kier alpha value is -3.61. The summed E-state index contributed by atoms with van der Waals surface area (Å²) >= 11 is 0. The average Bonchev–Trinajstić information content (AvgIpc) is 2.77. The minimum absolute atomic E-state index is 0.0873. The van der Waals surface area contributed by atoms with Crippen LogP contribution in [0.15, 0.2) is 58.1 Å². The summed E-state index contributed by atoms with van der Waals surface area (Å²) in [4.78, 5) is 38.3. The van der Waals surface area contributed by atoms with Gasteiger partial charge in [0, 0.05) is 24.3 Å². The van der Waals surface area contributed by atoms with E-state index < -0.39 is 10.9 Å². The number of nitrogens with zero attached hydrogens (tertiary/aromatic N) is 1. The van der Waals surface area contributed by atoms with E-state index in [1.807, 2.05) is 18.2 Å². The fraction of sp³-hybridized carbons (Fsp3) is 0.227. The van der Waals surface area contributed by atoms with Gasteiger partial charge in [-0.1, -0.05) is 18.2 Å². The molecule has 148 valence electrons. The number of phenolic OH excluding ortho intramolecular Hbond substituents is 1. The number of nitrogens with one attached hydrogen (secondary N) is 2. The number of hydrogen-bond donors (Lipinski definition) is 3. The molecule has 1 aliphatic rings. The van der Waals surface area contributed by atoms with Gasteiger partial charge in [0.2, 0.25) is 0 Å². The van der Waals surface area contributed by atoms with Crippen molar-refractivity contribution >= 4 is 28.7 Å². The van der Waals surface area contributed by atoms with Crippen molar-refractivity contribution in [3.8, 4) is 5.75 Å². The molecule has 0 spiro atoms. The Labute approximate surface area is 167 Å². The van der Waals surface area contributed by atoms with Crippen LogP contribution in [0.1, 0.15) is 29.6 Å². The van der Waals surface area contributed by atoms with E-state index in [1.54, 1.807) is 23.1 Å². The number of likely N-dealkylation sites (tertiary alicyclic amines) is 1. The molecule has 7 heteroatoms. The molecule has 3 N–H and O–H groups in total. The maximum atomic E-state index is 12.6. The van der Waals surface area contributed by atoms with Crippen LogP contribution in [0, 0.1) is 0 Å². The number of piperidine rings is 1. The van der Waals surface area contributed by atoms with Crippen molar-refractivity contribution in [3.05, 3.63) is 74.5 Å². The smallest absolute Gasteiger partial charge is 0.253 e. The number of carbonyl (C=O) groups is 1. The maximum Gasteiger partial charge on any atom is 0.253 e. The summed E-state index contributed by atoms with van der Waals surface area (Å²) in [6, 6.07) is 13.5. The van der Waals surface area contributed by atoms with E-state index in [4.69, 9.17) is 0 Å². The lowest BCUT2D eigenvalue weighted by Crippen LogP contribution is -2.36. The normalized spacial score (nSPS) is 14.0. The van der Waals surface area contributed by atoms with E-state index >= 15 is 0 Å². The molecular weight excluding hydrogens is 370 g/mol. The fourth-order valence-electron chi connectivity index (χ4n) is 3.48. The Morgan fingerprint density at radius 3 is 2.17 bits per heavy atom. The van der Waals surface area contributed by atoms with Gasteiger partial charge >= 0.3 is 0 Å². The average molecular weight is 391 g/mol. The van der Waals surface area contributed by atoms with Gasteiger partial charge in [0.25, 0.3) is 16.8 Å². The second-order valence-electron chi connectivity index (χ2n) is 7.11. The predicted molar refractivity (Wildman–Crippen MR) is 112 cm³/mol. The summed E-state index contributed by atoms with van der Waals surface area (Å²) in [5, 5.41) is 16.1. The molecule has 1 aliphatic heterocycles.